The molecule has 2 nitrogen and oxygen atoms in total. The summed E-state index contributed by atoms with van der Waals surface area (Å²) in [4.78, 5) is 2.72. The molecule has 0 aromatic carbocycles. The smallest absolute Gasteiger partial charge is 0.0124 e. The lowest BCUT2D eigenvalue weighted by Gasteiger charge is -2.48. The number of rotatable bonds is 8. The zero-order chi connectivity index (χ0) is 17.6. The molecule has 146 valence electrons. The molecule has 3 aliphatic rings. The van der Waals surface area contributed by atoms with Crippen molar-refractivity contribution in [1.82, 2.24) is 10.2 Å². The molecule has 3 rings (SSSR count). The van der Waals surface area contributed by atoms with Crippen LogP contribution in [0.2, 0.25) is 0 Å². The summed E-state index contributed by atoms with van der Waals surface area (Å²) < 4.78 is 0. The van der Waals surface area contributed by atoms with Crippen LogP contribution in [0.1, 0.15) is 104 Å². The Balaban J connectivity index is 1.49. The van der Waals surface area contributed by atoms with Gasteiger partial charge >= 0.3 is 0 Å². The van der Waals surface area contributed by atoms with E-state index in [1.54, 1.807) is 0 Å². The van der Waals surface area contributed by atoms with E-state index in [1.165, 1.54) is 116 Å². The summed E-state index contributed by atoms with van der Waals surface area (Å²) in [5.74, 6) is 0. The first-order chi connectivity index (χ1) is 12.2. The van der Waals surface area contributed by atoms with Gasteiger partial charge in [0.05, 0.1) is 0 Å². The van der Waals surface area contributed by atoms with Crippen molar-refractivity contribution >= 4 is 0 Å². The van der Waals surface area contributed by atoms with Crippen LogP contribution in [0, 0.1) is 10.8 Å². The summed E-state index contributed by atoms with van der Waals surface area (Å²) in [6.07, 6.45) is 20.4. The van der Waals surface area contributed by atoms with Gasteiger partial charge in [0.15, 0.2) is 0 Å². The first-order valence-electron chi connectivity index (χ1n) is 11.7. The highest BCUT2D eigenvalue weighted by Crippen LogP contribution is 2.54. The third kappa shape index (κ3) is 4.80. The van der Waals surface area contributed by atoms with Crippen LogP contribution in [0.3, 0.4) is 0 Å². The Bertz CT molecular complexity index is 370. The van der Waals surface area contributed by atoms with Crippen molar-refractivity contribution in [3.63, 3.8) is 0 Å². The van der Waals surface area contributed by atoms with E-state index in [0.717, 1.165) is 6.04 Å². The monoisotopic (exact) mass is 348 g/mol. The second-order valence-corrected chi connectivity index (χ2v) is 9.66. The second kappa shape index (κ2) is 9.22. The van der Waals surface area contributed by atoms with Crippen LogP contribution in [-0.4, -0.2) is 37.1 Å². The number of hydrogen-bond acceptors (Lipinski definition) is 2. The van der Waals surface area contributed by atoms with Gasteiger partial charge in [0.1, 0.15) is 0 Å². The van der Waals surface area contributed by atoms with E-state index < -0.39 is 0 Å². The Morgan fingerprint density at radius 3 is 2.20 bits per heavy atom. The lowest BCUT2D eigenvalue weighted by atomic mass is 9.58. The Labute approximate surface area is 157 Å². The molecule has 0 bridgehead atoms. The molecule has 1 saturated carbocycles. The fourth-order valence-electron chi connectivity index (χ4n) is 6.56. The molecule has 2 heteroatoms. The Hall–Kier alpha value is -0.0800. The molecule has 1 atom stereocenters. The highest BCUT2D eigenvalue weighted by molar-refractivity contribution is 5.02. The molecule has 2 heterocycles. The van der Waals surface area contributed by atoms with Gasteiger partial charge in [-0.1, -0.05) is 33.1 Å². The molecule has 0 radical (unpaired) electrons. The molecular formula is C23H44N2. The van der Waals surface area contributed by atoms with Crippen molar-refractivity contribution in [2.24, 2.45) is 10.8 Å². The number of hydrogen-bond donors (Lipinski definition) is 1. The van der Waals surface area contributed by atoms with Crippen LogP contribution in [-0.2, 0) is 0 Å². The maximum atomic E-state index is 3.93. The van der Waals surface area contributed by atoms with Gasteiger partial charge in [-0.3, -0.25) is 0 Å². The van der Waals surface area contributed by atoms with Crippen LogP contribution in [0.4, 0.5) is 0 Å². The largest absolute Gasteiger partial charge is 0.313 e. The molecule has 1 N–H and O–H groups in total. The Morgan fingerprint density at radius 1 is 0.880 bits per heavy atom. The summed E-state index contributed by atoms with van der Waals surface area (Å²) in [5, 5.41) is 3.93. The topological polar surface area (TPSA) is 15.3 Å². The first-order valence-corrected chi connectivity index (χ1v) is 11.7. The van der Waals surface area contributed by atoms with Gasteiger partial charge in [-0.05, 0) is 108 Å². The van der Waals surface area contributed by atoms with Crippen molar-refractivity contribution in [2.45, 2.75) is 110 Å². The van der Waals surface area contributed by atoms with Gasteiger partial charge in [0.25, 0.3) is 0 Å². The van der Waals surface area contributed by atoms with Gasteiger partial charge in [0.2, 0.25) is 0 Å². The van der Waals surface area contributed by atoms with E-state index >= 15 is 0 Å². The molecule has 25 heavy (non-hydrogen) atoms. The second-order valence-electron chi connectivity index (χ2n) is 9.66. The van der Waals surface area contributed by atoms with Crippen LogP contribution in [0.15, 0.2) is 0 Å². The van der Waals surface area contributed by atoms with Crippen LogP contribution in [0.25, 0.3) is 0 Å². The third-order valence-corrected chi connectivity index (χ3v) is 8.04. The number of nitrogens with zero attached hydrogens (tertiary/aromatic N) is 1. The lowest BCUT2D eigenvalue weighted by molar-refractivity contribution is 0.0482. The van der Waals surface area contributed by atoms with Crippen molar-refractivity contribution in [2.75, 3.05) is 26.2 Å². The summed E-state index contributed by atoms with van der Waals surface area (Å²) in [6, 6.07) is 0.818. The van der Waals surface area contributed by atoms with Crippen molar-refractivity contribution in [3.8, 4) is 0 Å². The minimum absolute atomic E-state index is 0.660. The summed E-state index contributed by atoms with van der Waals surface area (Å²) in [7, 11) is 0. The van der Waals surface area contributed by atoms with Crippen molar-refractivity contribution < 1.29 is 0 Å². The fourth-order valence-corrected chi connectivity index (χ4v) is 6.56. The van der Waals surface area contributed by atoms with Crippen LogP contribution >= 0.6 is 0 Å². The molecule has 3 fully saturated rings. The molecule has 1 aliphatic carbocycles. The average molecular weight is 349 g/mol. The minimum atomic E-state index is 0.660. The first kappa shape index (κ1) is 19.7. The number of piperidine rings is 1. The highest BCUT2D eigenvalue weighted by atomic mass is 15.1. The molecule has 0 aromatic heterocycles. The van der Waals surface area contributed by atoms with E-state index in [1.807, 2.05) is 0 Å². The van der Waals surface area contributed by atoms with Gasteiger partial charge in [0, 0.05) is 6.04 Å². The van der Waals surface area contributed by atoms with Gasteiger partial charge in [-0.2, -0.15) is 0 Å². The predicted octanol–water partition coefficient (Wildman–Crippen LogP) is 5.76. The average Bonchev–Trinajstić information content (AvgIpc) is 3.02. The van der Waals surface area contributed by atoms with Gasteiger partial charge < -0.3 is 10.2 Å². The van der Waals surface area contributed by atoms with E-state index in [0.29, 0.717) is 10.8 Å². The van der Waals surface area contributed by atoms with Crippen LogP contribution < -0.4 is 5.32 Å². The van der Waals surface area contributed by atoms with E-state index in [2.05, 4.69) is 24.1 Å². The van der Waals surface area contributed by atoms with Gasteiger partial charge in [-0.15, -0.1) is 0 Å². The van der Waals surface area contributed by atoms with E-state index in [9.17, 15) is 0 Å². The fraction of sp³-hybridized carbons (Fsp3) is 1.00. The van der Waals surface area contributed by atoms with Crippen LogP contribution in [0.5, 0.6) is 0 Å². The Morgan fingerprint density at radius 2 is 1.56 bits per heavy atom. The SMILES string of the molecule is CCCC1(CCC)CCC2(CCNC2CCCN2CCCCC2)CC1. The number of nitrogens with one attached hydrogen (secondary N) is 1. The molecule has 0 amide bonds. The standard InChI is InChI=1S/C23H44N2/c1-3-10-22(11-4-2)12-14-23(15-13-22)16-17-24-21(23)9-8-20-25-18-6-5-7-19-25/h21,24H,3-20H2,1-2H3. The number of likely N-dealkylation sites (tertiary alicyclic amines) is 1. The summed E-state index contributed by atoms with van der Waals surface area (Å²) in [6.45, 7) is 10.1. The van der Waals surface area contributed by atoms with Gasteiger partial charge in [-0.25, -0.2) is 0 Å². The quantitative estimate of drug-likeness (QED) is 0.600. The normalized spacial score (nSPS) is 29.3. The zero-order valence-corrected chi connectivity index (χ0v) is 17.3. The van der Waals surface area contributed by atoms with E-state index in [4.69, 9.17) is 0 Å². The molecule has 1 spiro atoms. The highest BCUT2D eigenvalue weighted by Gasteiger charge is 2.47. The molecule has 1 unspecified atom stereocenters. The molecule has 0 aromatic rings. The molecule has 2 aliphatic heterocycles. The summed E-state index contributed by atoms with van der Waals surface area (Å²) in [5.41, 5.74) is 1.36. The summed E-state index contributed by atoms with van der Waals surface area (Å²) >= 11 is 0. The third-order valence-electron chi connectivity index (χ3n) is 8.04. The molecular weight excluding hydrogens is 304 g/mol. The maximum absolute atomic E-state index is 3.93. The van der Waals surface area contributed by atoms with Crippen molar-refractivity contribution in [1.29, 1.82) is 0 Å². The minimum Gasteiger partial charge on any atom is -0.313 e. The predicted molar refractivity (Wildman–Crippen MR) is 109 cm³/mol. The Kier molecular flexibility index (Phi) is 7.26. The molecule has 2 saturated heterocycles. The lowest BCUT2D eigenvalue weighted by Crippen LogP contribution is -2.43. The van der Waals surface area contributed by atoms with Crippen molar-refractivity contribution in [3.05, 3.63) is 0 Å². The maximum Gasteiger partial charge on any atom is 0.0124 e. The van der Waals surface area contributed by atoms with E-state index in [-0.39, 0.29) is 0 Å². The zero-order valence-electron chi connectivity index (χ0n) is 17.3.